The fourth-order valence-electron chi connectivity index (χ4n) is 3.00. The van der Waals surface area contributed by atoms with Crippen molar-refractivity contribution < 1.29 is 9.53 Å². The minimum Gasteiger partial charge on any atom is -0.489 e. The van der Waals surface area contributed by atoms with E-state index in [4.69, 9.17) is 4.74 Å². The minimum atomic E-state index is -0.164. The van der Waals surface area contributed by atoms with E-state index in [-0.39, 0.29) is 12.0 Å². The highest BCUT2D eigenvalue weighted by Crippen LogP contribution is 2.18. The predicted octanol–water partition coefficient (Wildman–Crippen LogP) is 2.31. The minimum absolute atomic E-state index is 0.116. The van der Waals surface area contributed by atoms with Crippen LogP contribution in [0.15, 0.2) is 36.5 Å². The molecule has 2 heterocycles. The second-order valence-corrected chi connectivity index (χ2v) is 6.59. The number of benzene rings is 1. The molecule has 2 atom stereocenters. The van der Waals surface area contributed by atoms with E-state index in [0.717, 1.165) is 37.2 Å². The quantitative estimate of drug-likeness (QED) is 0.845. The van der Waals surface area contributed by atoms with Crippen molar-refractivity contribution in [2.75, 3.05) is 19.6 Å². The SMILES string of the molecule is Cc1ccccc1OC(C)CNC(=O)c1ccn(C2CCCNC2)n1. The van der Waals surface area contributed by atoms with Gasteiger partial charge >= 0.3 is 0 Å². The van der Waals surface area contributed by atoms with Crippen molar-refractivity contribution in [1.82, 2.24) is 20.4 Å². The van der Waals surface area contributed by atoms with Crippen LogP contribution in [-0.2, 0) is 0 Å². The third kappa shape index (κ3) is 4.60. The van der Waals surface area contributed by atoms with Gasteiger partial charge in [-0.25, -0.2) is 0 Å². The molecule has 1 fully saturated rings. The second-order valence-electron chi connectivity index (χ2n) is 6.59. The average Bonchev–Trinajstić information content (AvgIpc) is 3.13. The number of para-hydroxylation sites is 1. The van der Waals surface area contributed by atoms with E-state index in [0.29, 0.717) is 18.3 Å². The third-order valence-corrected chi connectivity index (χ3v) is 4.46. The van der Waals surface area contributed by atoms with Gasteiger partial charge in [0, 0.05) is 12.7 Å². The van der Waals surface area contributed by atoms with Crippen LogP contribution in [0.1, 0.15) is 41.9 Å². The highest BCUT2D eigenvalue weighted by atomic mass is 16.5. The number of hydrogen-bond donors (Lipinski definition) is 2. The van der Waals surface area contributed by atoms with Crippen LogP contribution in [0, 0.1) is 6.92 Å². The van der Waals surface area contributed by atoms with Gasteiger partial charge in [0.2, 0.25) is 0 Å². The third-order valence-electron chi connectivity index (χ3n) is 4.46. The Morgan fingerprint density at radius 3 is 3.04 bits per heavy atom. The van der Waals surface area contributed by atoms with E-state index < -0.39 is 0 Å². The number of aryl methyl sites for hydroxylation is 1. The first-order chi connectivity index (χ1) is 12.1. The lowest BCUT2D eigenvalue weighted by Gasteiger charge is -2.22. The number of hydrogen-bond acceptors (Lipinski definition) is 4. The van der Waals surface area contributed by atoms with E-state index in [2.05, 4.69) is 15.7 Å². The Balaban J connectivity index is 1.50. The normalized spacial score (nSPS) is 18.6. The molecule has 6 nitrogen and oxygen atoms in total. The summed E-state index contributed by atoms with van der Waals surface area (Å²) in [5.74, 6) is 0.682. The summed E-state index contributed by atoms with van der Waals surface area (Å²) in [4.78, 5) is 12.3. The van der Waals surface area contributed by atoms with Gasteiger partial charge < -0.3 is 15.4 Å². The lowest BCUT2D eigenvalue weighted by atomic mass is 10.1. The smallest absolute Gasteiger partial charge is 0.271 e. The molecule has 1 aromatic carbocycles. The van der Waals surface area contributed by atoms with E-state index in [1.54, 1.807) is 6.07 Å². The van der Waals surface area contributed by atoms with Crippen molar-refractivity contribution in [1.29, 1.82) is 0 Å². The number of nitrogens with one attached hydrogen (secondary N) is 2. The number of rotatable bonds is 6. The van der Waals surface area contributed by atoms with Crippen LogP contribution < -0.4 is 15.4 Å². The van der Waals surface area contributed by atoms with Crippen LogP contribution in [0.4, 0.5) is 0 Å². The molecule has 0 bridgehead atoms. The molecule has 1 saturated heterocycles. The number of carbonyl (C=O) groups is 1. The summed E-state index contributed by atoms with van der Waals surface area (Å²) in [5.41, 5.74) is 1.54. The molecule has 1 aliphatic rings. The molecule has 0 aliphatic carbocycles. The van der Waals surface area contributed by atoms with E-state index in [1.165, 1.54) is 0 Å². The van der Waals surface area contributed by atoms with Gasteiger partial charge in [0.1, 0.15) is 17.5 Å². The fraction of sp³-hybridized carbons (Fsp3) is 0.474. The zero-order chi connectivity index (χ0) is 17.6. The van der Waals surface area contributed by atoms with Crippen molar-refractivity contribution in [3.63, 3.8) is 0 Å². The maximum atomic E-state index is 12.3. The summed E-state index contributed by atoms with van der Waals surface area (Å²) in [7, 11) is 0. The first-order valence-electron chi connectivity index (χ1n) is 8.90. The highest BCUT2D eigenvalue weighted by Gasteiger charge is 2.18. The van der Waals surface area contributed by atoms with Gasteiger partial charge in [-0.2, -0.15) is 5.10 Å². The summed E-state index contributed by atoms with van der Waals surface area (Å²) in [5, 5.41) is 10.7. The van der Waals surface area contributed by atoms with E-state index >= 15 is 0 Å². The maximum absolute atomic E-state index is 12.3. The lowest BCUT2D eigenvalue weighted by Crippen LogP contribution is -2.34. The van der Waals surface area contributed by atoms with Gasteiger partial charge in [0.25, 0.3) is 5.91 Å². The van der Waals surface area contributed by atoms with Crippen molar-refractivity contribution in [2.24, 2.45) is 0 Å². The summed E-state index contributed by atoms with van der Waals surface area (Å²) < 4.78 is 7.78. The Morgan fingerprint density at radius 2 is 2.28 bits per heavy atom. The molecular weight excluding hydrogens is 316 g/mol. The zero-order valence-corrected chi connectivity index (χ0v) is 14.9. The molecule has 0 spiro atoms. The van der Waals surface area contributed by atoms with Gasteiger partial charge in [-0.05, 0) is 50.9 Å². The standard InChI is InChI=1S/C19H26N4O2/c1-14-6-3-4-8-18(14)25-15(2)12-21-19(24)17-9-11-23(22-17)16-7-5-10-20-13-16/h3-4,6,8-9,11,15-16,20H,5,7,10,12-13H2,1-2H3,(H,21,24). The molecule has 1 amide bonds. The Bertz CT molecular complexity index is 707. The fourth-order valence-corrected chi connectivity index (χ4v) is 3.00. The number of aromatic nitrogens is 2. The first-order valence-corrected chi connectivity index (χ1v) is 8.90. The van der Waals surface area contributed by atoms with Gasteiger partial charge in [-0.15, -0.1) is 0 Å². The lowest BCUT2D eigenvalue weighted by molar-refractivity contribution is 0.0925. The average molecular weight is 342 g/mol. The number of ether oxygens (including phenoxy) is 1. The molecule has 134 valence electrons. The van der Waals surface area contributed by atoms with Crippen LogP contribution in [0.25, 0.3) is 0 Å². The molecule has 6 heteroatoms. The van der Waals surface area contributed by atoms with Crippen molar-refractivity contribution in [3.05, 3.63) is 47.8 Å². The Morgan fingerprint density at radius 1 is 1.44 bits per heavy atom. The van der Waals surface area contributed by atoms with Crippen LogP contribution >= 0.6 is 0 Å². The molecule has 25 heavy (non-hydrogen) atoms. The van der Waals surface area contributed by atoms with Crippen LogP contribution in [0.3, 0.4) is 0 Å². The molecular formula is C19H26N4O2. The Hall–Kier alpha value is -2.34. The second kappa shape index (κ2) is 8.16. The largest absolute Gasteiger partial charge is 0.489 e. The predicted molar refractivity (Wildman–Crippen MR) is 97.0 cm³/mol. The molecule has 1 aromatic heterocycles. The number of amides is 1. The number of nitrogens with zero attached hydrogens (tertiary/aromatic N) is 2. The zero-order valence-electron chi connectivity index (χ0n) is 14.9. The maximum Gasteiger partial charge on any atom is 0.271 e. The Labute approximate surface area is 148 Å². The van der Waals surface area contributed by atoms with E-state index in [9.17, 15) is 4.79 Å². The molecule has 3 rings (SSSR count). The molecule has 0 radical (unpaired) electrons. The Kier molecular flexibility index (Phi) is 5.71. The molecule has 2 N–H and O–H groups in total. The highest BCUT2D eigenvalue weighted by molar-refractivity contribution is 5.92. The van der Waals surface area contributed by atoms with Crippen LogP contribution in [0.5, 0.6) is 5.75 Å². The van der Waals surface area contributed by atoms with Crippen molar-refractivity contribution in [3.8, 4) is 5.75 Å². The van der Waals surface area contributed by atoms with Gasteiger partial charge in [-0.3, -0.25) is 9.48 Å². The summed E-state index contributed by atoms with van der Waals surface area (Å²) in [6.45, 7) is 6.35. The molecule has 1 aliphatic heterocycles. The van der Waals surface area contributed by atoms with Crippen LogP contribution in [-0.4, -0.2) is 41.4 Å². The van der Waals surface area contributed by atoms with Gasteiger partial charge in [-0.1, -0.05) is 18.2 Å². The van der Waals surface area contributed by atoms with Crippen LogP contribution in [0.2, 0.25) is 0 Å². The van der Waals surface area contributed by atoms with Crippen molar-refractivity contribution in [2.45, 2.75) is 38.8 Å². The molecule has 0 saturated carbocycles. The summed E-state index contributed by atoms with van der Waals surface area (Å²) in [6, 6.07) is 9.98. The topological polar surface area (TPSA) is 68.2 Å². The van der Waals surface area contributed by atoms with E-state index in [1.807, 2.05) is 49.0 Å². The van der Waals surface area contributed by atoms with Gasteiger partial charge in [0.15, 0.2) is 0 Å². The van der Waals surface area contributed by atoms with Crippen molar-refractivity contribution >= 4 is 5.91 Å². The number of carbonyl (C=O) groups excluding carboxylic acids is 1. The monoisotopic (exact) mass is 342 g/mol. The summed E-state index contributed by atoms with van der Waals surface area (Å²) >= 11 is 0. The first kappa shape index (κ1) is 17.5. The van der Waals surface area contributed by atoms with Gasteiger partial charge in [0.05, 0.1) is 12.6 Å². The molecule has 2 aromatic rings. The molecule has 2 unspecified atom stereocenters. The summed E-state index contributed by atoms with van der Waals surface area (Å²) in [6.07, 6.45) is 4.01. The number of piperidine rings is 1.